The number of nitrogens with one attached hydrogen (secondary N) is 1. The smallest absolute Gasteiger partial charge is 0.225 e. The molecule has 18 heavy (non-hydrogen) atoms. The predicted molar refractivity (Wildman–Crippen MR) is 76.9 cm³/mol. The summed E-state index contributed by atoms with van der Waals surface area (Å²) in [7, 11) is 2.08. The lowest BCUT2D eigenvalue weighted by atomic mass is 10.1. The summed E-state index contributed by atoms with van der Waals surface area (Å²) >= 11 is 0. The lowest BCUT2D eigenvalue weighted by Gasteiger charge is -2.26. The van der Waals surface area contributed by atoms with Crippen LogP contribution < -0.4 is 10.2 Å². The molecule has 1 aromatic rings. The van der Waals surface area contributed by atoms with Crippen LogP contribution in [0.1, 0.15) is 44.9 Å². The second-order valence-electron chi connectivity index (χ2n) is 4.64. The zero-order chi connectivity index (χ0) is 13.5. The molecule has 102 valence electrons. The van der Waals surface area contributed by atoms with Crippen molar-refractivity contribution in [3.8, 4) is 0 Å². The van der Waals surface area contributed by atoms with Crippen LogP contribution in [0.3, 0.4) is 0 Å². The van der Waals surface area contributed by atoms with Crippen LogP contribution in [0, 0.1) is 6.92 Å². The standard InChI is InChI=1S/C14H26N4/c1-6-13(7-2)18(5)14-16-10-12(9-15-8-3)11(4)17-14/h10,13,15H,6-9H2,1-5H3. The highest BCUT2D eigenvalue weighted by molar-refractivity contribution is 5.33. The van der Waals surface area contributed by atoms with E-state index in [9.17, 15) is 0 Å². The summed E-state index contributed by atoms with van der Waals surface area (Å²) in [6.45, 7) is 10.4. The monoisotopic (exact) mass is 250 g/mol. The minimum absolute atomic E-state index is 0.518. The fourth-order valence-electron chi connectivity index (χ4n) is 2.08. The van der Waals surface area contributed by atoms with E-state index < -0.39 is 0 Å². The molecule has 1 heterocycles. The fourth-order valence-corrected chi connectivity index (χ4v) is 2.08. The largest absolute Gasteiger partial charge is 0.341 e. The first-order chi connectivity index (χ1) is 8.63. The average Bonchev–Trinajstić information content (AvgIpc) is 2.38. The molecule has 0 saturated carbocycles. The summed E-state index contributed by atoms with van der Waals surface area (Å²) < 4.78 is 0. The highest BCUT2D eigenvalue weighted by Crippen LogP contribution is 2.15. The topological polar surface area (TPSA) is 41.1 Å². The molecule has 0 saturated heterocycles. The van der Waals surface area contributed by atoms with E-state index in [0.29, 0.717) is 6.04 Å². The molecule has 4 heteroatoms. The zero-order valence-electron chi connectivity index (χ0n) is 12.3. The highest BCUT2D eigenvalue weighted by Gasteiger charge is 2.14. The third-order valence-electron chi connectivity index (χ3n) is 3.44. The van der Waals surface area contributed by atoms with Gasteiger partial charge >= 0.3 is 0 Å². The number of aryl methyl sites for hydroxylation is 1. The molecule has 0 aliphatic carbocycles. The third kappa shape index (κ3) is 3.67. The molecular weight excluding hydrogens is 224 g/mol. The van der Waals surface area contributed by atoms with Gasteiger partial charge in [0.15, 0.2) is 0 Å². The first-order valence-corrected chi connectivity index (χ1v) is 6.90. The van der Waals surface area contributed by atoms with Gasteiger partial charge in [-0.2, -0.15) is 0 Å². The maximum Gasteiger partial charge on any atom is 0.225 e. The number of hydrogen-bond acceptors (Lipinski definition) is 4. The summed E-state index contributed by atoms with van der Waals surface area (Å²) in [5.74, 6) is 0.835. The lowest BCUT2D eigenvalue weighted by molar-refractivity contribution is 0.579. The minimum Gasteiger partial charge on any atom is -0.341 e. The molecular formula is C14H26N4. The second kappa shape index (κ2) is 7.31. The van der Waals surface area contributed by atoms with Gasteiger partial charge in [0.1, 0.15) is 0 Å². The Hall–Kier alpha value is -1.16. The van der Waals surface area contributed by atoms with Crippen molar-refractivity contribution in [2.24, 2.45) is 0 Å². The molecule has 1 N–H and O–H groups in total. The van der Waals surface area contributed by atoms with E-state index in [1.807, 2.05) is 6.20 Å². The van der Waals surface area contributed by atoms with E-state index >= 15 is 0 Å². The molecule has 0 aliphatic rings. The quantitative estimate of drug-likeness (QED) is 0.807. The second-order valence-corrected chi connectivity index (χ2v) is 4.64. The Bertz CT molecular complexity index is 361. The molecule has 1 aromatic heterocycles. The maximum absolute atomic E-state index is 4.62. The predicted octanol–water partition coefficient (Wildman–Crippen LogP) is 2.52. The molecule has 0 unspecified atom stereocenters. The normalized spacial score (nSPS) is 11.0. The summed E-state index contributed by atoms with van der Waals surface area (Å²) in [6, 6.07) is 0.518. The van der Waals surface area contributed by atoms with Crippen molar-refractivity contribution < 1.29 is 0 Å². The van der Waals surface area contributed by atoms with Gasteiger partial charge in [-0.25, -0.2) is 9.97 Å². The van der Waals surface area contributed by atoms with Crippen molar-refractivity contribution in [1.29, 1.82) is 0 Å². The van der Waals surface area contributed by atoms with Crippen LogP contribution in [-0.4, -0.2) is 29.6 Å². The van der Waals surface area contributed by atoms with Gasteiger partial charge in [0.25, 0.3) is 0 Å². The molecule has 0 fully saturated rings. The van der Waals surface area contributed by atoms with Gasteiger partial charge in [0.2, 0.25) is 5.95 Å². The van der Waals surface area contributed by atoms with Gasteiger partial charge in [-0.1, -0.05) is 20.8 Å². The Morgan fingerprint density at radius 3 is 2.44 bits per heavy atom. The Kier molecular flexibility index (Phi) is 6.05. The molecule has 1 rings (SSSR count). The number of aromatic nitrogens is 2. The molecule has 0 amide bonds. The van der Waals surface area contributed by atoms with Crippen molar-refractivity contribution in [2.45, 2.75) is 53.1 Å². The maximum atomic E-state index is 4.62. The third-order valence-corrected chi connectivity index (χ3v) is 3.44. The Morgan fingerprint density at radius 1 is 1.28 bits per heavy atom. The Morgan fingerprint density at radius 2 is 1.94 bits per heavy atom. The molecule has 4 nitrogen and oxygen atoms in total. The highest BCUT2D eigenvalue weighted by atomic mass is 15.2. The van der Waals surface area contributed by atoms with Gasteiger partial charge in [0, 0.05) is 37.1 Å². The molecule has 0 aromatic carbocycles. The van der Waals surface area contributed by atoms with Gasteiger partial charge in [-0.3, -0.25) is 0 Å². The zero-order valence-corrected chi connectivity index (χ0v) is 12.3. The fraction of sp³-hybridized carbons (Fsp3) is 0.714. The van der Waals surface area contributed by atoms with E-state index in [-0.39, 0.29) is 0 Å². The van der Waals surface area contributed by atoms with E-state index in [4.69, 9.17) is 0 Å². The average molecular weight is 250 g/mol. The molecule has 0 radical (unpaired) electrons. The van der Waals surface area contributed by atoms with Crippen molar-refractivity contribution in [3.63, 3.8) is 0 Å². The van der Waals surface area contributed by atoms with Crippen LogP contribution in [0.4, 0.5) is 5.95 Å². The number of anilines is 1. The van der Waals surface area contributed by atoms with Crippen LogP contribution in [0.15, 0.2) is 6.20 Å². The summed E-state index contributed by atoms with van der Waals surface area (Å²) in [6.07, 6.45) is 4.18. The summed E-state index contributed by atoms with van der Waals surface area (Å²) in [5, 5.41) is 3.31. The van der Waals surface area contributed by atoms with Crippen molar-refractivity contribution in [3.05, 3.63) is 17.5 Å². The van der Waals surface area contributed by atoms with E-state index in [1.54, 1.807) is 0 Å². The number of rotatable bonds is 7. The molecule has 0 aliphatic heterocycles. The van der Waals surface area contributed by atoms with Gasteiger partial charge in [-0.15, -0.1) is 0 Å². The van der Waals surface area contributed by atoms with Crippen LogP contribution >= 0.6 is 0 Å². The van der Waals surface area contributed by atoms with Crippen LogP contribution in [0.5, 0.6) is 0 Å². The van der Waals surface area contributed by atoms with E-state index in [1.165, 1.54) is 5.56 Å². The first kappa shape index (κ1) is 14.9. The van der Waals surface area contributed by atoms with Crippen LogP contribution in [0.2, 0.25) is 0 Å². The lowest BCUT2D eigenvalue weighted by Crippen LogP contribution is -2.32. The van der Waals surface area contributed by atoms with Crippen molar-refractivity contribution in [1.82, 2.24) is 15.3 Å². The van der Waals surface area contributed by atoms with Gasteiger partial charge in [-0.05, 0) is 26.3 Å². The van der Waals surface area contributed by atoms with Crippen molar-refractivity contribution >= 4 is 5.95 Å². The van der Waals surface area contributed by atoms with Gasteiger partial charge in [0.05, 0.1) is 0 Å². The molecule has 0 bridgehead atoms. The number of hydrogen-bond donors (Lipinski definition) is 1. The van der Waals surface area contributed by atoms with Crippen molar-refractivity contribution in [2.75, 3.05) is 18.5 Å². The van der Waals surface area contributed by atoms with Crippen LogP contribution in [0.25, 0.3) is 0 Å². The first-order valence-electron chi connectivity index (χ1n) is 6.90. The Balaban J connectivity index is 2.82. The SMILES string of the molecule is CCNCc1cnc(N(C)C(CC)CC)nc1C. The van der Waals surface area contributed by atoms with Crippen LogP contribution in [-0.2, 0) is 6.54 Å². The summed E-state index contributed by atoms with van der Waals surface area (Å²) in [5.41, 5.74) is 2.25. The van der Waals surface area contributed by atoms with E-state index in [2.05, 4.69) is 54.9 Å². The molecule has 0 atom stereocenters. The van der Waals surface area contributed by atoms with Gasteiger partial charge < -0.3 is 10.2 Å². The molecule has 0 spiro atoms. The van der Waals surface area contributed by atoms with E-state index in [0.717, 1.165) is 37.6 Å². The summed E-state index contributed by atoms with van der Waals surface area (Å²) in [4.78, 5) is 11.3. The minimum atomic E-state index is 0.518. The Labute approximate surface area is 111 Å². The number of nitrogens with zero attached hydrogens (tertiary/aromatic N) is 3.